The molecule has 2 aromatic heterocycles. The van der Waals surface area contributed by atoms with Crippen molar-refractivity contribution in [3.63, 3.8) is 0 Å². The first kappa shape index (κ1) is 15.3. The number of rotatable bonds is 4. The summed E-state index contributed by atoms with van der Waals surface area (Å²) in [4.78, 5) is 4.89. The highest BCUT2D eigenvalue weighted by molar-refractivity contribution is 5.80. The van der Waals surface area contributed by atoms with Gasteiger partial charge in [0.1, 0.15) is 22.9 Å². The van der Waals surface area contributed by atoms with Crippen molar-refractivity contribution in [2.24, 2.45) is 0 Å². The summed E-state index contributed by atoms with van der Waals surface area (Å²) in [7, 11) is 1.67. The number of imidazole rings is 1. The Labute approximate surface area is 146 Å². The SMILES string of the molecule is COc1ccc(Nc2c(-c3ccccc3)nc3c(C)cccn23)cc1. The zero-order chi connectivity index (χ0) is 17.2. The molecule has 0 fully saturated rings. The van der Waals surface area contributed by atoms with Gasteiger partial charge in [0.05, 0.1) is 7.11 Å². The summed E-state index contributed by atoms with van der Waals surface area (Å²) in [5.41, 5.74) is 5.11. The number of fused-ring (bicyclic) bond motifs is 1. The van der Waals surface area contributed by atoms with Crippen LogP contribution >= 0.6 is 0 Å². The molecule has 2 heterocycles. The second kappa shape index (κ2) is 6.32. The summed E-state index contributed by atoms with van der Waals surface area (Å²) in [6.45, 7) is 2.08. The molecule has 0 saturated heterocycles. The molecule has 0 bridgehead atoms. The van der Waals surface area contributed by atoms with Gasteiger partial charge in [-0.3, -0.25) is 4.40 Å². The molecule has 124 valence electrons. The van der Waals surface area contributed by atoms with Crippen molar-refractivity contribution in [1.29, 1.82) is 0 Å². The van der Waals surface area contributed by atoms with E-state index in [2.05, 4.69) is 34.8 Å². The van der Waals surface area contributed by atoms with Gasteiger partial charge in [0.25, 0.3) is 0 Å². The van der Waals surface area contributed by atoms with Crippen LogP contribution in [0.25, 0.3) is 16.9 Å². The number of hydrogen-bond acceptors (Lipinski definition) is 3. The van der Waals surface area contributed by atoms with Gasteiger partial charge in [0.15, 0.2) is 0 Å². The summed E-state index contributed by atoms with van der Waals surface area (Å²) >= 11 is 0. The standard InChI is InChI=1S/C21H19N3O/c1-15-7-6-14-24-20(15)23-19(16-8-4-3-5-9-16)21(24)22-17-10-12-18(25-2)13-11-17/h3-14,22H,1-2H3. The average Bonchev–Trinajstić information content (AvgIpc) is 3.03. The number of anilines is 2. The molecular weight excluding hydrogens is 310 g/mol. The molecule has 2 aromatic carbocycles. The van der Waals surface area contributed by atoms with Crippen LogP contribution in [0.1, 0.15) is 5.56 Å². The van der Waals surface area contributed by atoms with E-state index < -0.39 is 0 Å². The van der Waals surface area contributed by atoms with Crippen molar-refractivity contribution < 1.29 is 4.74 Å². The van der Waals surface area contributed by atoms with Gasteiger partial charge in [-0.25, -0.2) is 4.98 Å². The maximum atomic E-state index is 5.24. The molecule has 4 aromatic rings. The third-order valence-corrected chi connectivity index (χ3v) is 4.25. The summed E-state index contributed by atoms with van der Waals surface area (Å²) in [6.07, 6.45) is 2.04. The molecular formula is C21H19N3O. The average molecular weight is 329 g/mol. The van der Waals surface area contributed by atoms with Crippen LogP contribution in [-0.2, 0) is 0 Å². The number of nitrogens with zero attached hydrogens (tertiary/aromatic N) is 2. The van der Waals surface area contributed by atoms with E-state index in [1.54, 1.807) is 7.11 Å². The number of benzene rings is 2. The Kier molecular flexibility index (Phi) is 3.86. The van der Waals surface area contributed by atoms with Crippen LogP contribution in [0.5, 0.6) is 5.75 Å². The molecule has 0 aliphatic carbocycles. The van der Waals surface area contributed by atoms with Crippen molar-refractivity contribution >= 4 is 17.2 Å². The highest BCUT2D eigenvalue weighted by Crippen LogP contribution is 2.32. The Bertz CT molecular complexity index is 1000. The Morgan fingerprint density at radius 3 is 2.40 bits per heavy atom. The van der Waals surface area contributed by atoms with E-state index in [9.17, 15) is 0 Å². The second-order valence-electron chi connectivity index (χ2n) is 5.91. The van der Waals surface area contributed by atoms with Gasteiger partial charge in [-0.2, -0.15) is 0 Å². The Hall–Kier alpha value is -3.27. The third-order valence-electron chi connectivity index (χ3n) is 4.25. The van der Waals surface area contributed by atoms with E-state index in [1.165, 1.54) is 0 Å². The van der Waals surface area contributed by atoms with Gasteiger partial charge in [0.2, 0.25) is 0 Å². The number of nitrogens with one attached hydrogen (secondary N) is 1. The molecule has 0 amide bonds. The summed E-state index contributed by atoms with van der Waals surface area (Å²) < 4.78 is 7.34. The maximum Gasteiger partial charge on any atom is 0.143 e. The first-order valence-corrected chi connectivity index (χ1v) is 8.20. The molecule has 1 N–H and O–H groups in total. The summed E-state index contributed by atoms with van der Waals surface area (Å²) in [5, 5.41) is 3.52. The van der Waals surface area contributed by atoms with E-state index >= 15 is 0 Å². The van der Waals surface area contributed by atoms with E-state index in [0.717, 1.165) is 39.7 Å². The molecule has 0 aliphatic rings. The quantitative estimate of drug-likeness (QED) is 0.568. The van der Waals surface area contributed by atoms with Gasteiger partial charge in [-0.15, -0.1) is 0 Å². The van der Waals surface area contributed by atoms with Crippen molar-refractivity contribution in [2.75, 3.05) is 12.4 Å². The zero-order valence-corrected chi connectivity index (χ0v) is 14.2. The largest absolute Gasteiger partial charge is 0.497 e. The molecule has 4 nitrogen and oxygen atoms in total. The Balaban J connectivity index is 1.86. The number of ether oxygens (including phenoxy) is 1. The highest BCUT2D eigenvalue weighted by Gasteiger charge is 2.15. The lowest BCUT2D eigenvalue weighted by atomic mass is 10.1. The lowest BCUT2D eigenvalue weighted by Crippen LogP contribution is -1.97. The summed E-state index contributed by atoms with van der Waals surface area (Å²) in [6, 6.07) is 22.2. The zero-order valence-electron chi connectivity index (χ0n) is 14.2. The normalized spacial score (nSPS) is 10.8. The lowest BCUT2D eigenvalue weighted by Gasteiger charge is -2.10. The van der Waals surface area contributed by atoms with Crippen molar-refractivity contribution in [2.45, 2.75) is 6.92 Å². The Morgan fingerprint density at radius 1 is 0.920 bits per heavy atom. The molecule has 25 heavy (non-hydrogen) atoms. The van der Waals surface area contributed by atoms with Gasteiger partial charge >= 0.3 is 0 Å². The van der Waals surface area contributed by atoms with Gasteiger partial charge < -0.3 is 10.1 Å². The van der Waals surface area contributed by atoms with E-state index in [1.807, 2.05) is 54.7 Å². The molecule has 0 aliphatic heterocycles. The van der Waals surface area contributed by atoms with Gasteiger partial charge in [-0.05, 0) is 42.8 Å². The predicted octanol–water partition coefficient (Wildman–Crippen LogP) is 5.06. The topological polar surface area (TPSA) is 38.6 Å². The fourth-order valence-corrected chi connectivity index (χ4v) is 2.93. The van der Waals surface area contributed by atoms with E-state index in [-0.39, 0.29) is 0 Å². The number of pyridine rings is 1. The van der Waals surface area contributed by atoms with Crippen LogP contribution in [0.15, 0.2) is 72.9 Å². The van der Waals surface area contributed by atoms with Crippen LogP contribution < -0.4 is 10.1 Å². The third kappa shape index (κ3) is 2.83. The van der Waals surface area contributed by atoms with Crippen LogP contribution in [0.2, 0.25) is 0 Å². The van der Waals surface area contributed by atoms with Crippen molar-refractivity contribution in [3.8, 4) is 17.0 Å². The highest BCUT2D eigenvalue weighted by atomic mass is 16.5. The van der Waals surface area contributed by atoms with Gasteiger partial charge in [0, 0.05) is 17.4 Å². The van der Waals surface area contributed by atoms with E-state index in [0.29, 0.717) is 0 Å². The Morgan fingerprint density at radius 2 is 1.68 bits per heavy atom. The maximum absolute atomic E-state index is 5.24. The number of methoxy groups -OCH3 is 1. The van der Waals surface area contributed by atoms with Crippen molar-refractivity contribution in [1.82, 2.24) is 9.38 Å². The van der Waals surface area contributed by atoms with Crippen molar-refractivity contribution in [3.05, 3.63) is 78.5 Å². The minimum Gasteiger partial charge on any atom is -0.497 e. The minimum atomic E-state index is 0.836. The molecule has 4 heteroatoms. The van der Waals surface area contributed by atoms with Crippen LogP contribution in [0.4, 0.5) is 11.5 Å². The van der Waals surface area contributed by atoms with Gasteiger partial charge in [-0.1, -0.05) is 36.4 Å². The fourth-order valence-electron chi connectivity index (χ4n) is 2.93. The molecule has 0 unspecified atom stereocenters. The number of aryl methyl sites for hydroxylation is 1. The monoisotopic (exact) mass is 329 g/mol. The first-order valence-electron chi connectivity index (χ1n) is 8.20. The summed E-state index contributed by atoms with van der Waals surface area (Å²) in [5.74, 6) is 1.79. The minimum absolute atomic E-state index is 0.836. The molecule has 0 spiro atoms. The lowest BCUT2D eigenvalue weighted by molar-refractivity contribution is 0.415. The molecule has 4 rings (SSSR count). The number of hydrogen-bond donors (Lipinski definition) is 1. The number of aromatic nitrogens is 2. The predicted molar refractivity (Wildman–Crippen MR) is 102 cm³/mol. The first-order chi connectivity index (χ1) is 12.3. The molecule has 0 atom stereocenters. The van der Waals surface area contributed by atoms with E-state index in [4.69, 9.17) is 9.72 Å². The molecule has 0 radical (unpaired) electrons. The smallest absolute Gasteiger partial charge is 0.143 e. The fraction of sp³-hybridized carbons (Fsp3) is 0.0952. The van der Waals surface area contributed by atoms with Crippen LogP contribution in [0.3, 0.4) is 0 Å². The van der Waals surface area contributed by atoms with Crippen LogP contribution in [0, 0.1) is 6.92 Å². The second-order valence-corrected chi connectivity index (χ2v) is 5.91. The van der Waals surface area contributed by atoms with Crippen LogP contribution in [-0.4, -0.2) is 16.5 Å². The molecule has 0 saturated carbocycles.